The Kier molecular flexibility index (Phi) is 6.92. The van der Waals surface area contributed by atoms with Crippen LogP contribution in [0.2, 0.25) is 0 Å². The van der Waals surface area contributed by atoms with E-state index < -0.39 is 0 Å². The topological polar surface area (TPSA) is 62.2 Å². The summed E-state index contributed by atoms with van der Waals surface area (Å²) >= 11 is 1.76. The summed E-state index contributed by atoms with van der Waals surface area (Å²) in [6.07, 6.45) is 0.977. The lowest BCUT2D eigenvalue weighted by Crippen LogP contribution is -2.42. The van der Waals surface area contributed by atoms with Gasteiger partial charge in [-0.05, 0) is 42.0 Å². The first-order valence-corrected chi connectivity index (χ1v) is 12.5. The smallest absolute Gasteiger partial charge is 0.260 e. The van der Waals surface area contributed by atoms with Crippen LogP contribution in [0.5, 0.6) is 5.75 Å². The number of carbonyl (C=O) groups is 1. The minimum Gasteiger partial charge on any atom is -0.483 e. The van der Waals surface area contributed by atoms with Gasteiger partial charge in [0.15, 0.2) is 6.61 Å². The number of carbonyl (C=O) groups excluding carboxylic acids is 1. The number of benzene rings is 2. The fraction of sp³-hybridized carbons (Fsp3) is 0.423. The van der Waals surface area contributed by atoms with E-state index in [1.165, 1.54) is 21.2 Å². The molecule has 0 aliphatic carbocycles. The van der Waals surface area contributed by atoms with Crippen molar-refractivity contribution in [1.82, 2.24) is 9.80 Å². The van der Waals surface area contributed by atoms with E-state index in [0.717, 1.165) is 44.2 Å². The number of aliphatic hydroxyl groups is 1. The highest BCUT2D eigenvalue weighted by Crippen LogP contribution is 2.36. The van der Waals surface area contributed by atoms with E-state index >= 15 is 0 Å². The third-order valence-electron chi connectivity index (χ3n) is 6.52. The van der Waals surface area contributed by atoms with E-state index in [0.29, 0.717) is 25.9 Å². The second-order valence-corrected chi connectivity index (χ2v) is 9.67. The highest BCUT2D eigenvalue weighted by atomic mass is 32.1. The van der Waals surface area contributed by atoms with E-state index in [1.807, 2.05) is 6.07 Å². The number of ether oxygens (including phenoxy) is 2. The summed E-state index contributed by atoms with van der Waals surface area (Å²) in [4.78, 5) is 16.8. The zero-order chi connectivity index (χ0) is 22.6. The predicted molar refractivity (Wildman–Crippen MR) is 131 cm³/mol. The first-order valence-electron chi connectivity index (χ1n) is 11.7. The first kappa shape index (κ1) is 22.3. The van der Waals surface area contributed by atoms with Crippen molar-refractivity contribution in [2.24, 2.45) is 0 Å². The van der Waals surface area contributed by atoms with Gasteiger partial charge in [0.25, 0.3) is 5.91 Å². The molecular formula is C26H30N2O4S. The monoisotopic (exact) mass is 466 g/mol. The van der Waals surface area contributed by atoms with Crippen molar-refractivity contribution in [3.63, 3.8) is 0 Å². The Balaban J connectivity index is 1.37. The number of piperidine rings is 1. The number of likely N-dealkylation sites (tertiary alicyclic amines) is 1. The third-order valence-corrected chi connectivity index (χ3v) is 7.48. The Hall–Kier alpha value is -2.45. The molecule has 2 aromatic carbocycles. The Labute approximate surface area is 198 Å². The van der Waals surface area contributed by atoms with Crippen molar-refractivity contribution in [3.05, 3.63) is 53.4 Å². The lowest BCUT2D eigenvalue weighted by molar-refractivity contribution is -0.135. The summed E-state index contributed by atoms with van der Waals surface area (Å²) in [5.74, 6) is 0.738. The van der Waals surface area contributed by atoms with Gasteiger partial charge in [-0.1, -0.05) is 24.3 Å². The molecule has 3 heterocycles. The molecule has 174 valence electrons. The van der Waals surface area contributed by atoms with Crippen molar-refractivity contribution < 1.29 is 19.4 Å². The van der Waals surface area contributed by atoms with Gasteiger partial charge in [0.2, 0.25) is 0 Å². The van der Waals surface area contributed by atoms with Crippen LogP contribution in [-0.2, 0) is 16.1 Å². The van der Waals surface area contributed by atoms with E-state index in [9.17, 15) is 9.90 Å². The van der Waals surface area contributed by atoms with Crippen LogP contribution in [0.1, 0.15) is 18.4 Å². The first-order chi connectivity index (χ1) is 16.2. The van der Waals surface area contributed by atoms with Crippen LogP contribution in [0.4, 0.5) is 0 Å². The molecule has 3 aromatic rings. The molecule has 1 aromatic heterocycles. The average molecular weight is 467 g/mol. The van der Waals surface area contributed by atoms with Crippen molar-refractivity contribution in [3.8, 4) is 16.9 Å². The van der Waals surface area contributed by atoms with Crippen molar-refractivity contribution in [1.29, 1.82) is 0 Å². The summed E-state index contributed by atoms with van der Waals surface area (Å²) in [6.45, 7) is 5.23. The minimum atomic E-state index is -0.296. The molecule has 6 nitrogen and oxygen atoms in total. The standard InChI is InChI=1S/C26H30N2O4S/c29-21-7-9-28(10-8-21)26(30)17-32-24-6-5-19(15-20(24)16-27-11-13-31-14-12-27)23-18-33-25-4-2-1-3-22(23)25/h1-6,15,18,21,29H,7-14,16-17H2. The fourth-order valence-electron chi connectivity index (χ4n) is 4.56. The van der Waals surface area contributed by atoms with Gasteiger partial charge < -0.3 is 19.5 Å². The minimum absolute atomic E-state index is 0.0208. The van der Waals surface area contributed by atoms with Crippen LogP contribution >= 0.6 is 11.3 Å². The molecule has 1 amide bonds. The molecule has 2 saturated heterocycles. The predicted octanol–water partition coefficient (Wildman–Crippen LogP) is 3.76. The van der Waals surface area contributed by atoms with Crippen molar-refractivity contribution in [2.75, 3.05) is 46.0 Å². The Bertz CT molecular complexity index is 1100. The summed E-state index contributed by atoms with van der Waals surface area (Å²) in [5.41, 5.74) is 3.49. The molecule has 0 spiro atoms. The number of morpholine rings is 1. The SMILES string of the molecule is O=C(COc1ccc(-c2csc3ccccc23)cc1CN1CCOCC1)N1CCC(O)CC1. The third kappa shape index (κ3) is 5.22. The van der Waals surface area contributed by atoms with Crippen LogP contribution in [0.25, 0.3) is 21.2 Å². The van der Waals surface area contributed by atoms with Crippen LogP contribution in [0.15, 0.2) is 47.8 Å². The molecule has 0 bridgehead atoms. The summed E-state index contributed by atoms with van der Waals surface area (Å²) < 4.78 is 12.9. The highest BCUT2D eigenvalue weighted by molar-refractivity contribution is 7.17. The zero-order valence-corrected chi connectivity index (χ0v) is 19.6. The molecule has 7 heteroatoms. The number of fused-ring (bicyclic) bond motifs is 1. The molecule has 0 saturated carbocycles. The molecule has 1 N–H and O–H groups in total. The van der Waals surface area contributed by atoms with Crippen LogP contribution in [0.3, 0.4) is 0 Å². The second kappa shape index (κ2) is 10.2. The van der Waals surface area contributed by atoms with Crippen LogP contribution in [-0.4, -0.2) is 72.9 Å². The van der Waals surface area contributed by atoms with Gasteiger partial charge in [0, 0.05) is 53.9 Å². The van der Waals surface area contributed by atoms with Gasteiger partial charge in [-0.2, -0.15) is 0 Å². The molecule has 0 atom stereocenters. The Morgan fingerprint density at radius 2 is 1.88 bits per heavy atom. The maximum Gasteiger partial charge on any atom is 0.260 e. The van der Waals surface area contributed by atoms with Gasteiger partial charge in [-0.25, -0.2) is 0 Å². The quantitative estimate of drug-likeness (QED) is 0.599. The summed E-state index contributed by atoms with van der Waals surface area (Å²) in [5, 5.41) is 13.2. The maximum absolute atomic E-state index is 12.7. The fourth-order valence-corrected chi connectivity index (χ4v) is 5.53. The number of rotatable bonds is 6. The van der Waals surface area contributed by atoms with Gasteiger partial charge >= 0.3 is 0 Å². The molecule has 33 heavy (non-hydrogen) atoms. The lowest BCUT2D eigenvalue weighted by Gasteiger charge is -2.30. The number of thiophene rings is 1. The molecular weight excluding hydrogens is 436 g/mol. The maximum atomic E-state index is 12.7. The number of nitrogens with zero attached hydrogens (tertiary/aromatic N) is 2. The highest BCUT2D eigenvalue weighted by Gasteiger charge is 2.22. The Morgan fingerprint density at radius 1 is 1.09 bits per heavy atom. The van der Waals surface area contributed by atoms with Crippen LogP contribution < -0.4 is 4.74 Å². The zero-order valence-electron chi connectivity index (χ0n) is 18.7. The second-order valence-electron chi connectivity index (χ2n) is 8.76. The van der Waals surface area contributed by atoms with Gasteiger partial charge in [0.1, 0.15) is 5.75 Å². The summed E-state index contributed by atoms with van der Waals surface area (Å²) in [7, 11) is 0. The molecule has 5 rings (SSSR count). The number of hydrogen-bond acceptors (Lipinski definition) is 6. The molecule has 2 aliphatic heterocycles. The van der Waals surface area contributed by atoms with E-state index in [2.05, 4.69) is 46.7 Å². The lowest BCUT2D eigenvalue weighted by atomic mass is 10.0. The summed E-state index contributed by atoms with van der Waals surface area (Å²) in [6, 6.07) is 14.8. The molecule has 2 aliphatic rings. The number of hydrogen-bond donors (Lipinski definition) is 1. The van der Waals surface area contributed by atoms with Crippen molar-refractivity contribution in [2.45, 2.75) is 25.5 Å². The number of aliphatic hydroxyl groups excluding tert-OH is 1. The van der Waals surface area contributed by atoms with Crippen molar-refractivity contribution >= 4 is 27.3 Å². The van der Waals surface area contributed by atoms with E-state index in [4.69, 9.17) is 9.47 Å². The molecule has 0 unspecified atom stereocenters. The van der Waals surface area contributed by atoms with E-state index in [-0.39, 0.29) is 18.6 Å². The average Bonchev–Trinajstić information content (AvgIpc) is 3.28. The Morgan fingerprint density at radius 3 is 2.70 bits per heavy atom. The van der Waals surface area contributed by atoms with Gasteiger partial charge in [0.05, 0.1) is 19.3 Å². The van der Waals surface area contributed by atoms with Gasteiger partial charge in [-0.15, -0.1) is 11.3 Å². The van der Waals surface area contributed by atoms with E-state index in [1.54, 1.807) is 16.2 Å². The molecule has 0 radical (unpaired) electrons. The largest absolute Gasteiger partial charge is 0.483 e. The van der Waals surface area contributed by atoms with Gasteiger partial charge in [-0.3, -0.25) is 9.69 Å². The number of amides is 1. The molecule has 2 fully saturated rings. The van der Waals surface area contributed by atoms with Crippen LogP contribution in [0, 0.1) is 0 Å². The normalized spacial score (nSPS) is 18.0.